The van der Waals surface area contributed by atoms with E-state index in [1.165, 1.54) is 0 Å². The van der Waals surface area contributed by atoms with Crippen LogP contribution in [-0.4, -0.2) is 37.8 Å². The molecule has 5 nitrogen and oxygen atoms in total. The lowest BCUT2D eigenvalue weighted by Crippen LogP contribution is -2.35. The number of amides is 1. The fraction of sp³-hybridized carbons (Fsp3) is 0.316. The van der Waals surface area contributed by atoms with Gasteiger partial charge in [-0.25, -0.2) is 0 Å². The van der Waals surface area contributed by atoms with Crippen molar-refractivity contribution in [3.63, 3.8) is 0 Å². The van der Waals surface area contributed by atoms with Gasteiger partial charge in [-0.05, 0) is 49.6 Å². The molecule has 0 fully saturated rings. The predicted molar refractivity (Wildman–Crippen MR) is 109 cm³/mol. The quantitative estimate of drug-likeness (QED) is 0.597. The predicted octanol–water partition coefficient (Wildman–Crippen LogP) is 3.82. The van der Waals surface area contributed by atoms with Crippen LogP contribution >= 0.6 is 23.5 Å². The lowest BCUT2D eigenvalue weighted by Gasteiger charge is -2.19. The van der Waals surface area contributed by atoms with Crippen molar-refractivity contribution in [2.24, 2.45) is 0 Å². The molecule has 136 valence electrons. The zero-order chi connectivity index (χ0) is 18.4. The molecule has 0 bridgehead atoms. The maximum absolute atomic E-state index is 12.8. The fourth-order valence-corrected chi connectivity index (χ4v) is 4.01. The minimum atomic E-state index is -0.187. The van der Waals surface area contributed by atoms with Crippen LogP contribution in [0.3, 0.4) is 0 Å². The number of pyridine rings is 1. The summed E-state index contributed by atoms with van der Waals surface area (Å²) < 4.78 is 1.94. The Bertz CT molecular complexity index is 853. The van der Waals surface area contributed by atoms with Crippen molar-refractivity contribution in [2.75, 3.05) is 12.0 Å². The van der Waals surface area contributed by atoms with Gasteiger partial charge in [0, 0.05) is 11.1 Å². The number of nitrogens with one attached hydrogen (secondary N) is 1. The van der Waals surface area contributed by atoms with Crippen molar-refractivity contribution in [1.29, 1.82) is 0 Å². The lowest BCUT2D eigenvalue weighted by molar-refractivity contribution is -0.121. The van der Waals surface area contributed by atoms with Crippen molar-refractivity contribution >= 4 is 35.1 Å². The number of rotatable bonds is 8. The zero-order valence-corrected chi connectivity index (χ0v) is 16.5. The Labute approximate surface area is 162 Å². The van der Waals surface area contributed by atoms with E-state index >= 15 is 0 Å². The molecule has 0 aliphatic heterocycles. The first-order valence-electron chi connectivity index (χ1n) is 8.49. The van der Waals surface area contributed by atoms with Gasteiger partial charge >= 0.3 is 0 Å². The van der Waals surface area contributed by atoms with Crippen LogP contribution in [0.15, 0.2) is 59.6 Å². The van der Waals surface area contributed by atoms with E-state index in [9.17, 15) is 4.79 Å². The monoisotopic (exact) mass is 386 g/mol. The number of carbonyl (C=O) groups is 1. The van der Waals surface area contributed by atoms with E-state index in [-0.39, 0.29) is 17.2 Å². The molecule has 2 unspecified atom stereocenters. The van der Waals surface area contributed by atoms with E-state index < -0.39 is 0 Å². The summed E-state index contributed by atoms with van der Waals surface area (Å²) in [5.74, 6) is 1.73. The molecule has 3 aromatic rings. The molecule has 1 N–H and O–H groups in total. The molecule has 2 heterocycles. The first kappa shape index (κ1) is 18.8. The van der Waals surface area contributed by atoms with Gasteiger partial charge in [-0.3, -0.25) is 9.20 Å². The molecule has 0 spiro atoms. The van der Waals surface area contributed by atoms with Gasteiger partial charge in [0.2, 0.25) is 5.91 Å². The second-order valence-electron chi connectivity index (χ2n) is 5.90. The van der Waals surface area contributed by atoms with Gasteiger partial charge in [0.05, 0.1) is 11.3 Å². The van der Waals surface area contributed by atoms with Gasteiger partial charge in [-0.1, -0.05) is 24.3 Å². The van der Waals surface area contributed by atoms with Crippen LogP contribution in [-0.2, 0) is 4.79 Å². The molecule has 0 aliphatic rings. The molecule has 0 saturated heterocycles. The van der Waals surface area contributed by atoms with Gasteiger partial charge in [0.15, 0.2) is 11.5 Å². The minimum absolute atomic E-state index is 0.0117. The average Bonchev–Trinajstić information content (AvgIpc) is 3.10. The molecule has 2 atom stereocenters. The number of nitrogens with zero attached hydrogens (tertiary/aromatic N) is 3. The first-order valence-corrected chi connectivity index (χ1v) is 10.8. The number of fused-ring (bicyclic) bond motifs is 1. The van der Waals surface area contributed by atoms with Crippen LogP contribution in [0.5, 0.6) is 0 Å². The second-order valence-corrected chi connectivity index (χ2v) is 8.30. The van der Waals surface area contributed by atoms with Crippen LogP contribution in [0, 0.1) is 0 Å². The largest absolute Gasteiger partial charge is 0.345 e. The van der Waals surface area contributed by atoms with Crippen LogP contribution in [0.4, 0.5) is 0 Å². The topological polar surface area (TPSA) is 59.3 Å². The molecular weight excluding hydrogens is 364 g/mol. The molecule has 0 radical (unpaired) electrons. The molecular formula is C19H22N4OS2. The number of carbonyl (C=O) groups excluding carboxylic acids is 1. The van der Waals surface area contributed by atoms with E-state index in [1.54, 1.807) is 23.5 Å². The molecule has 0 aliphatic carbocycles. The summed E-state index contributed by atoms with van der Waals surface area (Å²) in [6.45, 7) is 1.93. The van der Waals surface area contributed by atoms with Crippen molar-refractivity contribution in [3.8, 4) is 0 Å². The molecule has 1 aromatic carbocycles. The van der Waals surface area contributed by atoms with Crippen LogP contribution in [0.2, 0.25) is 0 Å². The third-order valence-corrected chi connectivity index (χ3v) is 5.76. The average molecular weight is 387 g/mol. The Balaban J connectivity index is 1.74. The lowest BCUT2D eigenvalue weighted by atomic mass is 10.2. The van der Waals surface area contributed by atoms with Crippen molar-refractivity contribution in [1.82, 2.24) is 19.9 Å². The van der Waals surface area contributed by atoms with Gasteiger partial charge in [-0.15, -0.1) is 22.0 Å². The first-order chi connectivity index (χ1) is 12.7. The summed E-state index contributed by atoms with van der Waals surface area (Å²) in [7, 11) is 0. The summed E-state index contributed by atoms with van der Waals surface area (Å²) in [4.78, 5) is 13.8. The fourth-order valence-electron chi connectivity index (χ4n) is 2.64. The highest BCUT2D eigenvalue weighted by molar-refractivity contribution is 8.00. The summed E-state index contributed by atoms with van der Waals surface area (Å²) in [5, 5.41) is 11.5. The Hall–Kier alpha value is -1.99. The molecule has 26 heavy (non-hydrogen) atoms. The molecule has 0 saturated carbocycles. The Kier molecular flexibility index (Phi) is 6.57. The van der Waals surface area contributed by atoms with Crippen LogP contribution < -0.4 is 5.32 Å². The number of hydrogen-bond acceptors (Lipinski definition) is 5. The van der Waals surface area contributed by atoms with Gasteiger partial charge in [0.1, 0.15) is 0 Å². The highest BCUT2D eigenvalue weighted by Gasteiger charge is 2.23. The Morgan fingerprint density at radius 1 is 1.15 bits per heavy atom. The highest BCUT2D eigenvalue weighted by Crippen LogP contribution is 2.24. The molecule has 3 rings (SSSR count). The van der Waals surface area contributed by atoms with E-state index in [0.29, 0.717) is 0 Å². The minimum Gasteiger partial charge on any atom is -0.345 e. The SMILES string of the molecule is CSCCC(NC(=O)C(C)Sc1ccccc1)c1nnc2ccccn12. The van der Waals surface area contributed by atoms with Crippen molar-refractivity contribution in [3.05, 3.63) is 60.6 Å². The Morgan fingerprint density at radius 2 is 1.92 bits per heavy atom. The van der Waals surface area contributed by atoms with Crippen LogP contribution in [0.25, 0.3) is 5.65 Å². The molecule has 7 heteroatoms. The summed E-state index contributed by atoms with van der Waals surface area (Å²) in [6, 6.07) is 15.6. The van der Waals surface area contributed by atoms with Crippen molar-refractivity contribution < 1.29 is 4.79 Å². The third kappa shape index (κ3) is 4.59. The maximum atomic E-state index is 12.8. The summed E-state index contributed by atoms with van der Waals surface area (Å²) in [5.41, 5.74) is 0.789. The van der Waals surface area contributed by atoms with E-state index in [2.05, 4.69) is 21.8 Å². The number of thioether (sulfide) groups is 2. The molecule has 2 aromatic heterocycles. The summed E-state index contributed by atoms with van der Waals surface area (Å²) >= 11 is 3.32. The third-order valence-electron chi connectivity index (χ3n) is 4.00. The summed E-state index contributed by atoms with van der Waals surface area (Å²) in [6.07, 6.45) is 4.81. The smallest absolute Gasteiger partial charge is 0.233 e. The number of benzene rings is 1. The number of aromatic nitrogens is 3. The van der Waals surface area contributed by atoms with Crippen molar-refractivity contribution in [2.45, 2.75) is 29.5 Å². The second kappa shape index (κ2) is 9.09. The molecule has 1 amide bonds. The van der Waals surface area contributed by atoms with Gasteiger partial charge < -0.3 is 5.32 Å². The Morgan fingerprint density at radius 3 is 2.69 bits per heavy atom. The van der Waals surface area contributed by atoms with Gasteiger partial charge in [0.25, 0.3) is 0 Å². The van der Waals surface area contributed by atoms with E-state index in [4.69, 9.17) is 0 Å². The van der Waals surface area contributed by atoms with E-state index in [1.807, 2.05) is 66.1 Å². The van der Waals surface area contributed by atoms with Gasteiger partial charge in [-0.2, -0.15) is 11.8 Å². The maximum Gasteiger partial charge on any atom is 0.233 e. The van der Waals surface area contributed by atoms with E-state index in [0.717, 1.165) is 28.5 Å². The van der Waals surface area contributed by atoms with Crippen LogP contribution in [0.1, 0.15) is 25.2 Å². The normalized spacial score (nSPS) is 13.5. The number of hydrogen-bond donors (Lipinski definition) is 1. The highest BCUT2D eigenvalue weighted by atomic mass is 32.2. The standard InChI is InChI=1S/C19H22N4OS2/c1-14(26-15-8-4-3-5-9-15)19(24)20-16(11-13-25-2)18-22-21-17-10-6-7-12-23(17)18/h3-10,12,14,16H,11,13H2,1-2H3,(H,20,24). The zero-order valence-electron chi connectivity index (χ0n) is 14.8.